The van der Waals surface area contributed by atoms with E-state index in [1.807, 2.05) is 24.3 Å². The van der Waals surface area contributed by atoms with Gasteiger partial charge in [0.05, 0.1) is 11.9 Å². The van der Waals surface area contributed by atoms with Gasteiger partial charge in [0, 0.05) is 0 Å². The summed E-state index contributed by atoms with van der Waals surface area (Å²) in [7, 11) is 0. The fraction of sp³-hybridized carbons (Fsp3) is 0.357. The molecule has 0 amide bonds. The van der Waals surface area contributed by atoms with Crippen molar-refractivity contribution in [3.8, 4) is 11.4 Å². The molecule has 0 bridgehead atoms. The van der Waals surface area contributed by atoms with Gasteiger partial charge in [0.2, 0.25) is 0 Å². The van der Waals surface area contributed by atoms with Gasteiger partial charge >= 0.3 is 0 Å². The van der Waals surface area contributed by atoms with Crippen LogP contribution in [0.5, 0.6) is 5.75 Å². The number of rotatable bonds is 3. The number of hydrogen-bond acceptors (Lipinski definition) is 2. The van der Waals surface area contributed by atoms with E-state index in [1.54, 1.807) is 10.9 Å². The fourth-order valence-electron chi connectivity index (χ4n) is 1.76. The van der Waals surface area contributed by atoms with Gasteiger partial charge in [-0.15, -0.1) is 0 Å². The Balaban J connectivity index is 2.31. The number of aromatic nitrogens is 2. The van der Waals surface area contributed by atoms with Crippen molar-refractivity contribution in [1.82, 2.24) is 9.78 Å². The molecule has 3 heteroatoms. The standard InChI is InChI=1S/C14H18N2O/c1-10(2)8-13-14(17)9-16(15-13)12-6-4-11(3)5-7-12/h4-7,9-10,17H,8H2,1-3H3. The zero-order chi connectivity index (χ0) is 12.4. The van der Waals surface area contributed by atoms with E-state index < -0.39 is 0 Å². The molecule has 0 saturated heterocycles. The molecule has 2 aromatic rings. The Morgan fingerprint density at radius 2 is 1.88 bits per heavy atom. The molecule has 17 heavy (non-hydrogen) atoms. The van der Waals surface area contributed by atoms with Gasteiger partial charge in [0.15, 0.2) is 5.75 Å². The van der Waals surface area contributed by atoms with E-state index in [0.29, 0.717) is 5.92 Å². The Morgan fingerprint density at radius 1 is 1.24 bits per heavy atom. The summed E-state index contributed by atoms with van der Waals surface area (Å²) in [6.45, 7) is 6.28. The average molecular weight is 230 g/mol. The molecule has 0 aliphatic heterocycles. The summed E-state index contributed by atoms with van der Waals surface area (Å²) in [5.74, 6) is 0.765. The first kappa shape index (κ1) is 11.7. The van der Waals surface area contributed by atoms with Gasteiger partial charge < -0.3 is 5.11 Å². The van der Waals surface area contributed by atoms with E-state index in [-0.39, 0.29) is 5.75 Å². The molecule has 3 nitrogen and oxygen atoms in total. The van der Waals surface area contributed by atoms with Gasteiger partial charge in [-0.3, -0.25) is 0 Å². The van der Waals surface area contributed by atoms with Crippen molar-refractivity contribution in [3.05, 3.63) is 41.7 Å². The molecule has 0 atom stereocenters. The summed E-state index contributed by atoms with van der Waals surface area (Å²) in [5, 5.41) is 14.2. The van der Waals surface area contributed by atoms with Crippen molar-refractivity contribution in [2.24, 2.45) is 5.92 Å². The monoisotopic (exact) mass is 230 g/mol. The number of nitrogens with zero attached hydrogens (tertiary/aromatic N) is 2. The second-order valence-electron chi connectivity index (χ2n) is 4.84. The molecule has 2 rings (SSSR count). The number of aromatic hydroxyl groups is 1. The summed E-state index contributed by atoms with van der Waals surface area (Å²) in [6, 6.07) is 8.08. The second kappa shape index (κ2) is 4.62. The normalized spacial score (nSPS) is 11.1. The topological polar surface area (TPSA) is 38.0 Å². The van der Waals surface area contributed by atoms with Crippen LogP contribution in [0.3, 0.4) is 0 Å². The van der Waals surface area contributed by atoms with Crippen LogP contribution in [0.15, 0.2) is 30.5 Å². The predicted octanol–water partition coefficient (Wildman–Crippen LogP) is 3.08. The Bertz CT molecular complexity index is 497. The SMILES string of the molecule is Cc1ccc(-n2cc(O)c(CC(C)C)n2)cc1. The highest BCUT2D eigenvalue weighted by Crippen LogP contribution is 2.20. The molecule has 0 fully saturated rings. The summed E-state index contributed by atoms with van der Waals surface area (Å²) in [4.78, 5) is 0. The Hall–Kier alpha value is -1.77. The maximum Gasteiger partial charge on any atom is 0.157 e. The minimum absolute atomic E-state index is 0.277. The van der Waals surface area contributed by atoms with Gasteiger partial charge in [-0.2, -0.15) is 5.10 Å². The van der Waals surface area contributed by atoms with Crippen molar-refractivity contribution in [3.63, 3.8) is 0 Å². The fourth-order valence-corrected chi connectivity index (χ4v) is 1.76. The van der Waals surface area contributed by atoms with Gasteiger partial charge in [-0.05, 0) is 31.4 Å². The maximum atomic E-state index is 9.81. The number of benzene rings is 1. The average Bonchev–Trinajstić information content (AvgIpc) is 2.60. The first-order valence-electron chi connectivity index (χ1n) is 5.91. The lowest BCUT2D eigenvalue weighted by Crippen LogP contribution is -1.99. The second-order valence-corrected chi connectivity index (χ2v) is 4.84. The van der Waals surface area contributed by atoms with E-state index in [1.165, 1.54) is 5.56 Å². The quantitative estimate of drug-likeness (QED) is 0.880. The van der Waals surface area contributed by atoms with Crippen molar-refractivity contribution < 1.29 is 5.11 Å². The molecule has 0 aliphatic rings. The lowest BCUT2D eigenvalue weighted by molar-refractivity contribution is 0.462. The van der Waals surface area contributed by atoms with Gasteiger partial charge in [-0.25, -0.2) is 4.68 Å². The molecule has 0 saturated carbocycles. The highest BCUT2D eigenvalue weighted by molar-refractivity contribution is 5.36. The van der Waals surface area contributed by atoms with Crippen molar-refractivity contribution in [2.75, 3.05) is 0 Å². The highest BCUT2D eigenvalue weighted by atomic mass is 16.3. The van der Waals surface area contributed by atoms with E-state index in [4.69, 9.17) is 0 Å². The molecule has 1 aromatic heterocycles. The Kier molecular flexibility index (Phi) is 3.18. The smallest absolute Gasteiger partial charge is 0.157 e. The largest absolute Gasteiger partial charge is 0.504 e. The van der Waals surface area contributed by atoms with Gasteiger partial charge in [0.1, 0.15) is 5.69 Å². The van der Waals surface area contributed by atoms with Crippen LogP contribution >= 0.6 is 0 Å². The van der Waals surface area contributed by atoms with E-state index in [0.717, 1.165) is 17.8 Å². The van der Waals surface area contributed by atoms with Gasteiger partial charge in [0.25, 0.3) is 0 Å². The maximum absolute atomic E-state index is 9.81. The molecule has 0 spiro atoms. The lowest BCUT2D eigenvalue weighted by atomic mass is 10.1. The highest BCUT2D eigenvalue weighted by Gasteiger charge is 2.10. The number of aryl methyl sites for hydroxylation is 1. The molecule has 1 N–H and O–H groups in total. The lowest BCUT2D eigenvalue weighted by Gasteiger charge is -2.02. The molecule has 1 heterocycles. The molecule has 0 radical (unpaired) electrons. The zero-order valence-electron chi connectivity index (χ0n) is 10.5. The van der Waals surface area contributed by atoms with Crippen LogP contribution in [-0.4, -0.2) is 14.9 Å². The van der Waals surface area contributed by atoms with Crippen LogP contribution in [0, 0.1) is 12.8 Å². The summed E-state index contributed by atoms with van der Waals surface area (Å²) in [5.41, 5.74) is 2.95. The Labute approximate surface area is 102 Å². The van der Waals surface area contributed by atoms with Crippen LogP contribution in [-0.2, 0) is 6.42 Å². The Morgan fingerprint density at radius 3 is 2.47 bits per heavy atom. The van der Waals surface area contributed by atoms with Crippen molar-refractivity contribution in [1.29, 1.82) is 0 Å². The van der Waals surface area contributed by atoms with Crippen LogP contribution in [0.25, 0.3) is 5.69 Å². The van der Waals surface area contributed by atoms with Gasteiger partial charge in [-0.1, -0.05) is 31.5 Å². The minimum atomic E-state index is 0.277. The third-order valence-electron chi connectivity index (χ3n) is 2.67. The van der Waals surface area contributed by atoms with Crippen molar-refractivity contribution >= 4 is 0 Å². The third kappa shape index (κ3) is 2.67. The van der Waals surface area contributed by atoms with E-state index >= 15 is 0 Å². The zero-order valence-corrected chi connectivity index (χ0v) is 10.5. The molecule has 90 valence electrons. The van der Waals surface area contributed by atoms with Crippen LogP contribution in [0.2, 0.25) is 0 Å². The number of hydrogen-bond donors (Lipinski definition) is 1. The molecule has 0 unspecified atom stereocenters. The molecular weight excluding hydrogens is 212 g/mol. The van der Waals surface area contributed by atoms with Crippen LogP contribution < -0.4 is 0 Å². The van der Waals surface area contributed by atoms with Crippen molar-refractivity contribution in [2.45, 2.75) is 27.2 Å². The molecule has 0 aliphatic carbocycles. The predicted molar refractivity (Wildman–Crippen MR) is 68.5 cm³/mol. The molecular formula is C14H18N2O. The van der Waals surface area contributed by atoms with E-state index in [9.17, 15) is 5.11 Å². The van der Waals surface area contributed by atoms with Crippen LogP contribution in [0.1, 0.15) is 25.1 Å². The van der Waals surface area contributed by atoms with E-state index in [2.05, 4.69) is 25.9 Å². The first-order chi connectivity index (χ1) is 8.06. The minimum Gasteiger partial charge on any atom is -0.504 e. The molecule has 1 aromatic carbocycles. The van der Waals surface area contributed by atoms with Crippen LogP contribution in [0.4, 0.5) is 0 Å². The summed E-state index contributed by atoms with van der Waals surface area (Å²) >= 11 is 0. The summed E-state index contributed by atoms with van der Waals surface area (Å²) < 4.78 is 1.73. The summed E-state index contributed by atoms with van der Waals surface area (Å²) in [6.07, 6.45) is 2.47. The first-order valence-corrected chi connectivity index (χ1v) is 5.91. The third-order valence-corrected chi connectivity index (χ3v) is 2.67.